The number of carbonyl (C=O) groups excluding carboxylic acids is 12. The number of guanidine groups is 3. The molecule has 0 radical (unpaired) electrons. The average molecular weight is 1370 g/mol. The van der Waals surface area contributed by atoms with Gasteiger partial charge < -0.3 is 125 Å². The number of aliphatic hydroxyl groups is 1. The zero-order valence-corrected chi connectivity index (χ0v) is 52.3. The Labute approximate surface area is 540 Å². The van der Waals surface area contributed by atoms with Crippen LogP contribution in [0.4, 0.5) is 13.2 Å². The Balaban J connectivity index is 0.0000119. The fourth-order valence-corrected chi connectivity index (χ4v) is 7.82. The fraction of sp³-hybridized carbons (Fsp3) is 0.608. The number of carbonyl (C=O) groups is 14. The van der Waals surface area contributed by atoms with Crippen molar-refractivity contribution in [3.8, 4) is 0 Å². The zero-order chi connectivity index (χ0) is 72.9. The molecule has 1 heterocycles. The van der Waals surface area contributed by atoms with Crippen LogP contribution in [0.3, 0.4) is 0 Å². The van der Waals surface area contributed by atoms with E-state index in [1.165, 1.54) is 19.4 Å². The Kier molecular flexibility index (Phi) is 38.3. The third-order valence-electron chi connectivity index (χ3n) is 12.9. The molecule has 0 aromatic carbocycles. The van der Waals surface area contributed by atoms with E-state index in [9.17, 15) is 85.7 Å². The summed E-state index contributed by atoms with van der Waals surface area (Å²) in [5.41, 5.74) is 49.1. The lowest BCUT2D eigenvalue weighted by molar-refractivity contribution is -0.192. The zero-order valence-electron chi connectivity index (χ0n) is 52.3. The molecule has 1 aromatic rings. The van der Waals surface area contributed by atoms with Crippen LogP contribution in [0.1, 0.15) is 91.2 Å². The quantitative estimate of drug-likeness (QED) is 0.0164. The largest absolute Gasteiger partial charge is 0.490 e. The lowest BCUT2D eigenvalue weighted by Crippen LogP contribution is -2.61. The highest BCUT2D eigenvalue weighted by atomic mass is 19.4. The van der Waals surface area contributed by atoms with E-state index in [2.05, 4.69) is 78.1 Å². The molecule has 0 aliphatic rings. The van der Waals surface area contributed by atoms with Gasteiger partial charge >= 0.3 is 18.1 Å². The molecule has 95 heavy (non-hydrogen) atoms. The molecule has 534 valence electrons. The number of nitrogens with one attached hydrogen (secondary N) is 11. The number of nitrogens with two attached hydrogens (primary N) is 9. The lowest BCUT2D eigenvalue weighted by Gasteiger charge is -2.28. The van der Waals surface area contributed by atoms with Crippen LogP contribution in [0.15, 0.2) is 27.5 Å². The first-order chi connectivity index (χ1) is 44.2. The molecule has 0 saturated heterocycles. The first kappa shape index (κ1) is 84.3. The second-order valence-electron chi connectivity index (χ2n) is 20.8. The SMILES string of the molecule is CC[C@H](C)[C@H](NC(=O)[C@H](C)NC(=O)[C@H](CC(N)=O)NC(=O)[C@H](CCCN=C(N)N)NC(=O)[C@H](CCCN=C(N)N)NC(=O)CNC(=O)[C@@H](NC(=O)[C@H](CCCN=C(N)N)NC(=O)CN)[C@@H](C)O)C(=O)N[C@@H](Cc1cnc[nH]1)C(=O)N[C@@H](CC(=O)O)C(N)=O.O=C(O)C(F)(F)F. The summed E-state index contributed by atoms with van der Waals surface area (Å²) in [5, 5.41) is 50.6. The second kappa shape index (κ2) is 43.2. The average Bonchev–Trinajstić information content (AvgIpc) is 1.53. The molecule has 1 aromatic heterocycles. The van der Waals surface area contributed by atoms with Crippen molar-refractivity contribution in [3.63, 3.8) is 0 Å². The van der Waals surface area contributed by atoms with Crippen LogP contribution >= 0.6 is 0 Å². The first-order valence-corrected chi connectivity index (χ1v) is 28.8. The molecule has 0 aliphatic heterocycles. The molecule has 11 atom stereocenters. The summed E-state index contributed by atoms with van der Waals surface area (Å²) in [6, 6.07) is -14.0. The van der Waals surface area contributed by atoms with Crippen molar-refractivity contribution in [1.29, 1.82) is 0 Å². The second-order valence-corrected chi connectivity index (χ2v) is 20.8. The Morgan fingerprint density at radius 3 is 1.38 bits per heavy atom. The molecule has 0 aliphatic carbocycles. The summed E-state index contributed by atoms with van der Waals surface area (Å²) in [6.07, 6.45) is -6.09. The molecular formula is C51H87F3N24O17. The van der Waals surface area contributed by atoms with E-state index in [-0.39, 0.29) is 88.9 Å². The van der Waals surface area contributed by atoms with E-state index in [0.717, 1.165) is 6.92 Å². The van der Waals surface area contributed by atoms with Crippen molar-refractivity contribution in [2.75, 3.05) is 32.7 Å². The third kappa shape index (κ3) is 35.6. The third-order valence-corrected chi connectivity index (χ3v) is 12.9. The predicted molar refractivity (Wildman–Crippen MR) is 327 cm³/mol. The number of imidazole rings is 1. The summed E-state index contributed by atoms with van der Waals surface area (Å²) >= 11 is 0. The van der Waals surface area contributed by atoms with Gasteiger partial charge in [0, 0.05) is 37.9 Å². The van der Waals surface area contributed by atoms with Crippen LogP contribution in [0.25, 0.3) is 0 Å². The van der Waals surface area contributed by atoms with Gasteiger partial charge in [-0.3, -0.25) is 77.3 Å². The number of hydrogen-bond acceptors (Lipinski definition) is 20. The smallest absolute Gasteiger partial charge is 0.481 e. The number of H-pyrrole nitrogens is 1. The topological polar surface area (TPSA) is 720 Å². The number of halogens is 3. The number of carboxylic acids is 2. The van der Waals surface area contributed by atoms with Crippen LogP contribution in [0, 0.1) is 5.92 Å². The fourth-order valence-electron chi connectivity index (χ4n) is 7.82. The van der Waals surface area contributed by atoms with Crippen LogP contribution in [0.5, 0.6) is 0 Å². The van der Waals surface area contributed by atoms with Crippen molar-refractivity contribution >= 4 is 101 Å². The molecule has 0 unspecified atom stereocenters. The van der Waals surface area contributed by atoms with Gasteiger partial charge in [-0.05, 0) is 58.3 Å². The molecule has 41 nitrogen and oxygen atoms in total. The van der Waals surface area contributed by atoms with Gasteiger partial charge in [0.25, 0.3) is 0 Å². The molecule has 32 N–H and O–H groups in total. The van der Waals surface area contributed by atoms with Crippen molar-refractivity contribution < 1.29 is 95.6 Å². The van der Waals surface area contributed by atoms with E-state index in [4.69, 9.17) is 61.5 Å². The highest BCUT2D eigenvalue weighted by Crippen LogP contribution is 2.14. The number of primary amides is 2. The van der Waals surface area contributed by atoms with Crippen molar-refractivity contribution in [1.82, 2.24) is 63.1 Å². The first-order valence-electron chi connectivity index (χ1n) is 28.8. The van der Waals surface area contributed by atoms with Gasteiger partial charge in [0.1, 0.15) is 54.4 Å². The van der Waals surface area contributed by atoms with Gasteiger partial charge in [0.05, 0.1) is 38.4 Å². The summed E-state index contributed by atoms with van der Waals surface area (Å²) in [4.78, 5) is 198. The minimum atomic E-state index is -5.08. The van der Waals surface area contributed by atoms with Crippen molar-refractivity contribution in [2.45, 2.75) is 159 Å². The Hall–Kier alpha value is -10.7. The number of aliphatic imine (C=N–C) groups is 3. The Morgan fingerprint density at radius 1 is 0.547 bits per heavy atom. The number of carboxylic acid groups (broad SMARTS) is 2. The number of aliphatic hydroxyl groups excluding tert-OH is 1. The number of amides is 12. The van der Waals surface area contributed by atoms with E-state index < -0.39 is 181 Å². The molecule has 0 fully saturated rings. The molecule has 0 saturated carbocycles. The van der Waals surface area contributed by atoms with Crippen molar-refractivity contribution in [3.05, 3.63) is 18.2 Å². The minimum Gasteiger partial charge on any atom is -0.481 e. The highest BCUT2D eigenvalue weighted by Gasteiger charge is 2.39. The maximum Gasteiger partial charge on any atom is 0.490 e. The molecule has 12 amide bonds. The number of aliphatic carboxylic acids is 2. The highest BCUT2D eigenvalue weighted by molar-refractivity contribution is 6.00. The van der Waals surface area contributed by atoms with Crippen LogP contribution < -0.4 is 105 Å². The number of rotatable bonds is 42. The van der Waals surface area contributed by atoms with Gasteiger partial charge in [-0.1, -0.05) is 20.3 Å². The monoisotopic (exact) mass is 1360 g/mol. The van der Waals surface area contributed by atoms with E-state index in [1.807, 2.05) is 0 Å². The maximum atomic E-state index is 14.2. The molecule has 1 rings (SSSR count). The molecule has 0 spiro atoms. The number of alkyl halides is 3. The molecule has 44 heteroatoms. The standard InChI is InChI=1S/C49H86N24O15.C2HF3O2/c1-5-22(2)36(46(88)71-30(15-25-19-59-21-64-25)44(86)69-29(38(52)80)17-35(78)79)72-39(81)23(3)65-43(85)31(16-32(51)75)70-41(83)28(11-8-14-62-49(57)58)68-40(82)26(9-6-12-60-47(53)54)67-34(77)20-63-45(87)37(24(4)74)73-42(84)27(66-33(76)18-50)10-7-13-61-48(55)56;3-2(4,5)1(6)7/h19,21-24,26-31,36-37,74H,5-18,20,50H2,1-4H3,(H2,51,75)(H2,52,80)(H,59,64)(H,63,87)(H,65,85)(H,66,76)(H,67,77)(H,68,82)(H,69,86)(H,70,83)(H,71,88)(H,72,81)(H,73,84)(H,78,79)(H4,53,54,60)(H4,55,56,61)(H4,57,58,62);(H,6,7)/t22-,23-,24+,26-,27-,28-,29-,30-,31-,36-,37-;/m0./s1. The van der Waals surface area contributed by atoms with E-state index >= 15 is 0 Å². The van der Waals surface area contributed by atoms with Crippen LogP contribution in [0.2, 0.25) is 0 Å². The Morgan fingerprint density at radius 2 is 0.968 bits per heavy atom. The minimum absolute atomic E-state index is 0.00901. The molecule has 0 bridgehead atoms. The number of aromatic amines is 1. The number of nitrogens with zero attached hydrogens (tertiary/aromatic N) is 4. The van der Waals surface area contributed by atoms with Crippen molar-refractivity contribution in [2.24, 2.45) is 72.5 Å². The molecular weight excluding hydrogens is 1280 g/mol. The van der Waals surface area contributed by atoms with Gasteiger partial charge in [0.2, 0.25) is 70.9 Å². The van der Waals surface area contributed by atoms with Crippen LogP contribution in [-0.2, 0) is 73.5 Å². The summed E-state index contributed by atoms with van der Waals surface area (Å²) in [5.74, 6) is -17.9. The number of aromatic nitrogens is 2. The van der Waals surface area contributed by atoms with E-state index in [1.54, 1.807) is 13.8 Å². The van der Waals surface area contributed by atoms with Gasteiger partial charge in [-0.2, -0.15) is 13.2 Å². The maximum absolute atomic E-state index is 14.2. The lowest BCUT2D eigenvalue weighted by atomic mass is 9.97. The number of hydrogen-bond donors (Lipinski definition) is 23. The summed E-state index contributed by atoms with van der Waals surface area (Å²) in [7, 11) is 0. The Bertz CT molecular complexity index is 2870. The summed E-state index contributed by atoms with van der Waals surface area (Å²) in [6.45, 7) is 4.17. The van der Waals surface area contributed by atoms with E-state index in [0.29, 0.717) is 5.69 Å². The van der Waals surface area contributed by atoms with Crippen LogP contribution in [-0.4, -0.2) is 225 Å². The van der Waals surface area contributed by atoms with Gasteiger partial charge in [-0.15, -0.1) is 0 Å². The summed E-state index contributed by atoms with van der Waals surface area (Å²) < 4.78 is 31.7. The normalized spacial score (nSPS) is 14.3. The van der Waals surface area contributed by atoms with Gasteiger partial charge in [-0.25, -0.2) is 9.78 Å². The van der Waals surface area contributed by atoms with Gasteiger partial charge in [0.15, 0.2) is 17.9 Å². The predicted octanol–water partition coefficient (Wildman–Crippen LogP) is -10.5.